The van der Waals surface area contributed by atoms with E-state index in [4.69, 9.17) is 4.74 Å². The summed E-state index contributed by atoms with van der Waals surface area (Å²) >= 11 is 0. The number of aromatic nitrogens is 2. The fourth-order valence-corrected chi connectivity index (χ4v) is 3.80. The molecule has 0 saturated heterocycles. The van der Waals surface area contributed by atoms with Gasteiger partial charge in [0.15, 0.2) is 5.60 Å². The van der Waals surface area contributed by atoms with E-state index in [0.717, 1.165) is 22.3 Å². The normalized spacial score (nSPS) is 17.9. The number of aromatic hydroxyl groups is 1. The molecule has 3 aromatic rings. The lowest BCUT2D eigenvalue weighted by atomic mass is 9.87. The molecule has 0 bridgehead atoms. The van der Waals surface area contributed by atoms with Crippen molar-refractivity contribution in [3.8, 4) is 11.5 Å². The Hall–Kier alpha value is -3.55. The van der Waals surface area contributed by atoms with Crippen LogP contribution >= 0.6 is 0 Å². The average molecular weight is 408 g/mol. The van der Waals surface area contributed by atoms with E-state index in [1.54, 1.807) is 31.2 Å². The van der Waals surface area contributed by atoms with Crippen LogP contribution in [0.3, 0.4) is 0 Å². The number of carbonyl (C=O) groups excluding carboxylic acids is 1. The minimum absolute atomic E-state index is 0.139. The van der Waals surface area contributed by atoms with Crippen LogP contribution in [0.4, 0.5) is 5.95 Å². The summed E-state index contributed by atoms with van der Waals surface area (Å²) in [5.41, 5.74) is 7.66. The molecule has 0 aliphatic carbocycles. The number of ether oxygens (including phenoxy) is 1. The molecule has 0 spiro atoms. The van der Waals surface area contributed by atoms with Gasteiger partial charge in [-0.05, 0) is 62.9 Å². The number of H-pyrrole nitrogens is 1. The van der Waals surface area contributed by atoms with Gasteiger partial charge in [-0.2, -0.15) is 0 Å². The number of amides is 1. The highest BCUT2D eigenvalue weighted by Crippen LogP contribution is 2.43. The predicted octanol–water partition coefficient (Wildman–Crippen LogP) is 2.78. The number of nitrogens with zero attached hydrogens (tertiary/aromatic N) is 1. The van der Waals surface area contributed by atoms with Gasteiger partial charge in [-0.3, -0.25) is 25.4 Å². The Morgan fingerprint density at radius 2 is 1.93 bits per heavy atom. The highest BCUT2D eigenvalue weighted by molar-refractivity contribution is 5.87. The molecule has 1 atom stereocenters. The van der Waals surface area contributed by atoms with E-state index in [1.807, 2.05) is 20.8 Å². The minimum Gasteiger partial charge on any atom is -0.507 e. The van der Waals surface area contributed by atoms with Crippen molar-refractivity contribution in [3.05, 3.63) is 56.9 Å². The van der Waals surface area contributed by atoms with Crippen LogP contribution in [0, 0.1) is 20.8 Å². The summed E-state index contributed by atoms with van der Waals surface area (Å²) in [6.45, 7) is 7.28. The van der Waals surface area contributed by atoms with E-state index in [9.17, 15) is 14.7 Å². The van der Waals surface area contributed by atoms with Crippen LogP contribution in [0.15, 0.2) is 29.1 Å². The molecule has 4 rings (SSSR count). The number of benzene rings is 2. The molecular weight excluding hydrogens is 384 g/mol. The Labute approximate surface area is 173 Å². The largest absolute Gasteiger partial charge is 0.507 e. The third-order valence-electron chi connectivity index (χ3n) is 5.91. The first-order chi connectivity index (χ1) is 14.2. The lowest BCUT2D eigenvalue weighted by Crippen LogP contribution is -2.52. The summed E-state index contributed by atoms with van der Waals surface area (Å²) in [6, 6.07) is 6.96. The summed E-state index contributed by atoms with van der Waals surface area (Å²) in [5, 5.41) is 10.8. The first-order valence-electron chi connectivity index (χ1n) is 9.77. The molecule has 8 nitrogen and oxygen atoms in total. The van der Waals surface area contributed by atoms with Crippen molar-refractivity contribution < 1.29 is 14.6 Å². The van der Waals surface area contributed by atoms with Crippen LogP contribution in [0.5, 0.6) is 11.5 Å². The number of nitrogens with one attached hydrogen (secondary N) is 3. The van der Waals surface area contributed by atoms with E-state index >= 15 is 0 Å². The van der Waals surface area contributed by atoms with E-state index in [2.05, 4.69) is 20.8 Å². The zero-order valence-electron chi connectivity index (χ0n) is 17.3. The number of fused-ring (bicyclic) bond motifs is 2. The number of hydrogen-bond donors (Lipinski definition) is 4. The van der Waals surface area contributed by atoms with E-state index in [0.29, 0.717) is 29.5 Å². The zero-order valence-corrected chi connectivity index (χ0v) is 17.3. The average Bonchev–Trinajstić information content (AvgIpc) is 2.74. The summed E-state index contributed by atoms with van der Waals surface area (Å²) in [7, 11) is 0. The number of phenolic OH excluding ortho intramolecular Hbond substituents is 1. The van der Waals surface area contributed by atoms with Gasteiger partial charge in [0.1, 0.15) is 11.5 Å². The molecule has 0 saturated carbocycles. The molecule has 1 aliphatic rings. The second-order valence-electron chi connectivity index (χ2n) is 7.88. The zero-order chi connectivity index (χ0) is 21.6. The molecular formula is C22H24N4O4. The van der Waals surface area contributed by atoms with Crippen LogP contribution in [-0.2, 0) is 11.2 Å². The van der Waals surface area contributed by atoms with Gasteiger partial charge in [-0.25, -0.2) is 4.98 Å². The molecule has 2 aromatic carbocycles. The van der Waals surface area contributed by atoms with Crippen molar-refractivity contribution in [1.29, 1.82) is 0 Å². The smallest absolute Gasteiger partial charge is 0.282 e. The second-order valence-corrected chi connectivity index (χ2v) is 7.88. The van der Waals surface area contributed by atoms with Gasteiger partial charge < -0.3 is 9.84 Å². The second kappa shape index (κ2) is 7.05. The van der Waals surface area contributed by atoms with Crippen LogP contribution < -0.4 is 21.1 Å². The number of para-hydroxylation sites is 1. The van der Waals surface area contributed by atoms with Gasteiger partial charge in [-0.15, -0.1) is 0 Å². The molecule has 0 fully saturated rings. The van der Waals surface area contributed by atoms with Crippen molar-refractivity contribution in [2.45, 2.75) is 46.1 Å². The molecule has 1 aliphatic heterocycles. The molecule has 1 aromatic heterocycles. The molecule has 156 valence electrons. The number of hydrazine groups is 1. The number of phenols is 1. The third kappa shape index (κ3) is 3.14. The fraction of sp³-hybridized carbons (Fsp3) is 0.318. The monoisotopic (exact) mass is 408 g/mol. The highest BCUT2D eigenvalue weighted by atomic mass is 16.5. The van der Waals surface area contributed by atoms with Crippen molar-refractivity contribution in [2.75, 3.05) is 5.43 Å². The summed E-state index contributed by atoms with van der Waals surface area (Å²) in [5.74, 6) is 0.672. The first kappa shape index (κ1) is 19.8. The summed E-state index contributed by atoms with van der Waals surface area (Å²) in [4.78, 5) is 32.0. The minimum atomic E-state index is -1.11. The molecule has 2 heterocycles. The number of hydrogen-bond acceptors (Lipinski definition) is 6. The Morgan fingerprint density at radius 1 is 1.20 bits per heavy atom. The van der Waals surface area contributed by atoms with Crippen LogP contribution in [0.2, 0.25) is 0 Å². The van der Waals surface area contributed by atoms with Gasteiger partial charge in [0.25, 0.3) is 11.5 Å². The maximum atomic E-state index is 12.9. The molecule has 4 N–H and O–H groups in total. The lowest BCUT2D eigenvalue weighted by Gasteiger charge is -2.36. The van der Waals surface area contributed by atoms with Gasteiger partial charge in [0.05, 0.1) is 10.9 Å². The van der Waals surface area contributed by atoms with E-state index in [1.165, 1.54) is 0 Å². The van der Waals surface area contributed by atoms with Gasteiger partial charge >= 0.3 is 0 Å². The highest BCUT2D eigenvalue weighted by Gasteiger charge is 2.41. The van der Waals surface area contributed by atoms with Crippen LogP contribution in [0.25, 0.3) is 10.9 Å². The number of rotatable bonds is 3. The summed E-state index contributed by atoms with van der Waals surface area (Å²) < 4.78 is 6.16. The Balaban J connectivity index is 1.56. The van der Waals surface area contributed by atoms with Crippen molar-refractivity contribution >= 4 is 22.8 Å². The summed E-state index contributed by atoms with van der Waals surface area (Å²) in [6.07, 6.45) is 1.04. The van der Waals surface area contributed by atoms with Crippen LogP contribution in [0.1, 0.15) is 35.6 Å². The van der Waals surface area contributed by atoms with E-state index in [-0.39, 0.29) is 23.2 Å². The molecule has 30 heavy (non-hydrogen) atoms. The van der Waals surface area contributed by atoms with E-state index < -0.39 is 5.60 Å². The fourth-order valence-electron chi connectivity index (χ4n) is 3.80. The predicted molar refractivity (Wildman–Crippen MR) is 114 cm³/mol. The van der Waals surface area contributed by atoms with Gasteiger partial charge in [0, 0.05) is 12.0 Å². The topological polar surface area (TPSA) is 116 Å². The van der Waals surface area contributed by atoms with Gasteiger partial charge in [0.2, 0.25) is 5.95 Å². The molecule has 0 radical (unpaired) electrons. The number of aromatic amines is 1. The Morgan fingerprint density at radius 3 is 2.70 bits per heavy atom. The number of anilines is 1. The molecule has 1 unspecified atom stereocenters. The maximum absolute atomic E-state index is 12.9. The van der Waals surface area contributed by atoms with Crippen molar-refractivity contribution in [1.82, 2.24) is 15.4 Å². The Kier molecular flexibility index (Phi) is 4.64. The van der Waals surface area contributed by atoms with Gasteiger partial charge in [-0.1, -0.05) is 12.1 Å². The SMILES string of the molecule is Cc1c(C)c2c(c(C)c1O)CCC(C)(C(=O)NNc1nc3ccccc3c(=O)[nH]1)O2. The first-order valence-corrected chi connectivity index (χ1v) is 9.77. The maximum Gasteiger partial charge on any atom is 0.282 e. The number of carbonyl (C=O) groups is 1. The van der Waals surface area contributed by atoms with Crippen LogP contribution in [-0.4, -0.2) is 26.6 Å². The van der Waals surface area contributed by atoms with Crippen molar-refractivity contribution in [2.24, 2.45) is 0 Å². The van der Waals surface area contributed by atoms with Crippen molar-refractivity contribution in [3.63, 3.8) is 0 Å². The molecule has 1 amide bonds. The molecule has 8 heteroatoms. The standard InChI is InChI=1S/C22H24N4O4/c1-11-12(2)18-14(13(3)17(11)27)9-10-22(4,30-18)20(29)25-26-21-23-16-8-6-5-7-15(16)19(28)24-21/h5-8,27H,9-10H2,1-4H3,(H,25,29)(H2,23,24,26,28). The Bertz CT molecular complexity index is 1230. The third-order valence-corrected chi connectivity index (χ3v) is 5.91. The lowest BCUT2D eigenvalue weighted by molar-refractivity contribution is -0.136. The quantitative estimate of drug-likeness (QED) is 0.495.